The molecule has 2 aliphatic heterocycles. The van der Waals surface area contributed by atoms with Crippen molar-refractivity contribution in [1.82, 2.24) is 26.1 Å². The third kappa shape index (κ3) is 4.70. The van der Waals surface area contributed by atoms with Gasteiger partial charge in [-0.25, -0.2) is 10.9 Å². The van der Waals surface area contributed by atoms with E-state index in [9.17, 15) is 4.79 Å². The van der Waals surface area contributed by atoms with E-state index < -0.39 is 0 Å². The van der Waals surface area contributed by atoms with Crippen molar-refractivity contribution in [3.05, 3.63) is 64.9 Å². The SMILES string of the molecule is O=C(NCC1CCN(C2CC(c3ccncc3)NN2)CC1)c1ccc(Cl)cc1. The Labute approximate surface area is 170 Å². The zero-order chi connectivity index (χ0) is 19.3. The fourth-order valence-electron chi connectivity index (χ4n) is 4.00. The number of nitrogens with one attached hydrogen (secondary N) is 3. The maximum absolute atomic E-state index is 12.3. The highest BCUT2D eigenvalue weighted by Crippen LogP contribution is 2.26. The summed E-state index contributed by atoms with van der Waals surface area (Å²) < 4.78 is 0. The van der Waals surface area contributed by atoms with Gasteiger partial charge in [-0.2, -0.15) is 0 Å². The van der Waals surface area contributed by atoms with Crippen molar-refractivity contribution in [2.24, 2.45) is 5.92 Å². The molecular formula is C21H26ClN5O. The molecule has 1 amide bonds. The predicted octanol–water partition coefficient (Wildman–Crippen LogP) is 2.74. The smallest absolute Gasteiger partial charge is 0.251 e. The summed E-state index contributed by atoms with van der Waals surface area (Å²) in [4.78, 5) is 18.9. The van der Waals surface area contributed by atoms with Crippen LogP contribution in [0.1, 0.15) is 41.2 Å². The van der Waals surface area contributed by atoms with Gasteiger partial charge in [0.15, 0.2) is 0 Å². The molecule has 0 aliphatic carbocycles. The van der Waals surface area contributed by atoms with Gasteiger partial charge in [-0.05, 0) is 80.2 Å². The molecule has 3 heterocycles. The number of likely N-dealkylation sites (tertiary alicyclic amines) is 1. The minimum atomic E-state index is -0.0269. The van der Waals surface area contributed by atoms with Crippen molar-refractivity contribution in [3.8, 4) is 0 Å². The van der Waals surface area contributed by atoms with Crippen LogP contribution >= 0.6 is 11.6 Å². The Hall–Kier alpha value is -1.99. The molecule has 1 aromatic carbocycles. The lowest BCUT2D eigenvalue weighted by molar-refractivity contribution is 0.0914. The largest absolute Gasteiger partial charge is 0.352 e. The number of rotatable bonds is 5. The van der Waals surface area contributed by atoms with Gasteiger partial charge >= 0.3 is 0 Å². The van der Waals surface area contributed by atoms with Crippen LogP contribution in [0, 0.1) is 5.92 Å². The lowest BCUT2D eigenvalue weighted by Crippen LogP contribution is -2.49. The predicted molar refractivity (Wildman–Crippen MR) is 110 cm³/mol. The van der Waals surface area contributed by atoms with Gasteiger partial charge in [0.25, 0.3) is 5.91 Å². The molecule has 2 unspecified atom stereocenters. The van der Waals surface area contributed by atoms with Crippen LogP contribution < -0.4 is 16.2 Å². The van der Waals surface area contributed by atoms with E-state index in [4.69, 9.17) is 11.6 Å². The van der Waals surface area contributed by atoms with Crippen LogP contribution in [0.25, 0.3) is 0 Å². The van der Waals surface area contributed by atoms with Crippen LogP contribution in [-0.2, 0) is 0 Å². The number of amides is 1. The summed E-state index contributed by atoms with van der Waals surface area (Å²) in [6.45, 7) is 2.82. The maximum atomic E-state index is 12.3. The number of benzene rings is 1. The first kappa shape index (κ1) is 19.3. The molecule has 2 fully saturated rings. The van der Waals surface area contributed by atoms with Crippen molar-refractivity contribution in [1.29, 1.82) is 0 Å². The molecule has 0 saturated carbocycles. The molecule has 7 heteroatoms. The van der Waals surface area contributed by atoms with E-state index in [0.717, 1.165) is 38.9 Å². The standard InChI is InChI=1S/C21H26ClN5O/c22-18-3-1-17(2-4-18)21(28)24-14-15-7-11-27(12-8-15)20-13-19(25-26-20)16-5-9-23-10-6-16/h1-6,9-10,15,19-20,25-26H,7-8,11-14H2,(H,24,28). The van der Waals surface area contributed by atoms with Crippen LogP contribution in [0.4, 0.5) is 0 Å². The first-order valence-electron chi connectivity index (χ1n) is 9.88. The zero-order valence-corrected chi connectivity index (χ0v) is 16.5. The summed E-state index contributed by atoms with van der Waals surface area (Å²) >= 11 is 5.88. The molecule has 2 aromatic rings. The fraction of sp³-hybridized carbons (Fsp3) is 0.429. The number of nitrogens with zero attached hydrogens (tertiary/aromatic N) is 2. The lowest BCUT2D eigenvalue weighted by Gasteiger charge is -2.35. The Morgan fingerprint density at radius 3 is 2.54 bits per heavy atom. The van der Waals surface area contributed by atoms with Gasteiger partial charge in [0.05, 0.1) is 6.17 Å². The molecule has 0 bridgehead atoms. The van der Waals surface area contributed by atoms with Crippen LogP contribution in [-0.4, -0.2) is 41.6 Å². The van der Waals surface area contributed by atoms with E-state index in [1.807, 2.05) is 12.4 Å². The number of hydrazine groups is 1. The number of carbonyl (C=O) groups is 1. The molecule has 1 aromatic heterocycles. The number of hydrogen-bond donors (Lipinski definition) is 3. The van der Waals surface area contributed by atoms with Crippen molar-refractivity contribution in [2.75, 3.05) is 19.6 Å². The summed E-state index contributed by atoms with van der Waals surface area (Å²) in [5.41, 5.74) is 8.77. The molecule has 0 spiro atoms. The Balaban J connectivity index is 1.21. The van der Waals surface area contributed by atoms with Gasteiger partial charge in [-0.1, -0.05) is 11.6 Å². The number of aromatic nitrogens is 1. The highest BCUT2D eigenvalue weighted by Gasteiger charge is 2.31. The van der Waals surface area contributed by atoms with Crippen LogP contribution in [0.2, 0.25) is 5.02 Å². The molecule has 6 nitrogen and oxygen atoms in total. The number of halogens is 1. The Morgan fingerprint density at radius 1 is 1.11 bits per heavy atom. The average Bonchev–Trinajstić information content (AvgIpc) is 3.24. The Kier molecular flexibility index (Phi) is 6.22. The summed E-state index contributed by atoms with van der Waals surface area (Å²) in [7, 11) is 0. The summed E-state index contributed by atoms with van der Waals surface area (Å²) in [6, 6.07) is 11.5. The number of carbonyl (C=O) groups excluding carboxylic acids is 1. The fourth-order valence-corrected chi connectivity index (χ4v) is 4.13. The van der Waals surface area contributed by atoms with Gasteiger partial charge in [0.1, 0.15) is 0 Å². The third-order valence-electron chi connectivity index (χ3n) is 5.74. The number of piperidine rings is 1. The molecule has 2 atom stereocenters. The van der Waals surface area contributed by atoms with Crippen LogP contribution in [0.15, 0.2) is 48.8 Å². The summed E-state index contributed by atoms with van der Waals surface area (Å²) in [5.74, 6) is 0.499. The normalized spacial score (nSPS) is 23.6. The zero-order valence-electron chi connectivity index (χ0n) is 15.8. The molecule has 2 saturated heterocycles. The van der Waals surface area contributed by atoms with Crippen molar-refractivity contribution in [2.45, 2.75) is 31.5 Å². The van der Waals surface area contributed by atoms with E-state index in [1.54, 1.807) is 24.3 Å². The first-order valence-corrected chi connectivity index (χ1v) is 10.3. The van der Waals surface area contributed by atoms with Gasteiger partial charge in [-0.3, -0.25) is 14.7 Å². The van der Waals surface area contributed by atoms with Crippen molar-refractivity contribution >= 4 is 17.5 Å². The summed E-state index contributed by atoms with van der Waals surface area (Å²) in [6.07, 6.45) is 7.27. The van der Waals surface area contributed by atoms with Gasteiger partial charge in [0.2, 0.25) is 0 Å². The minimum absolute atomic E-state index is 0.0269. The minimum Gasteiger partial charge on any atom is -0.352 e. The molecule has 28 heavy (non-hydrogen) atoms. The lowest BCUT2D eigenvalue weighted by atomic mass is 9.95. The van der Waals surface area contributed by atoms with E-state index in [-0.39, 0.29) is 5.91 Å². The third-order valence-corrected chi connectivity index (χ3v) is 5.99. The summed E-state index contributed by atoms with van der Waals surface area (Å²) in [5, 5.41) is 3.71. The second-order valence-electron chi connectivity index (χ2n) is 7.57. The van der Waals surface area contributed by atoms with E-state index in [2.05, 4.69) is 38.2 Å². The van der Waals surface area contributed by atoms with Crippen LogP contribution in [0.5, 0.6) is 0 Å². The second kappa shape index (κ2) is 9.01. The molecule has 0 radical (unpaired) electrons. The van der Waals surface area contributed by atoms with Crippen molar-refractivity contribution < 1.29 is 4.79 Å². The monoisotopic (exact) mass is 399 g/mol. The molecule has 2 aliphatic rings. The highest BCUT2D eigenvalue weighted by molar-refractivity contribution is 6.30. The molecule has 148 valence electrons. The molecule has 4 rings (SSSR count). The highest BCUT2D eigenvalue weighted by atomic mass is 35.5. The quantitative estimate of drug-likeness (QED) is 0.721. The molecular weight excluding hydrogens is 374 g/mol. The average molecular weight is 400 g/mol. The maximum Gasteiger partial charge on any atom is 0.251 e. The Bertz CT molecular complexity index is 777. The second-order valence-corrected chi connectivity index (χ2v) is 8.01. The molecule has 3 N–H and O–H groups in total. The van der Waals surface area contributed by atoms with Gasteiger partial charge in [0, 0.05) is 35.6 Å². The van der Waals surface area contributed by atoms with Gasteiger partial charge in [-0.15, -0.1) is 0 Å². The first-order chi connectivity index (χ1) is 13.7. The Morgan fingerprint density at radius 2 is 1.82 bits per heavy atom. The number of pyridine rings is 1. The van der Waals surface area contributed by atoms with Crippen LogP contribution in [0.3, 0.4) is 0 Å². The van der Waals surface area contributed by atoms with E-state index in [0.29, 0.717) is 28.7 Å². The van der Waals surface area contributed by atoms with Crippen molar-refractivity contribution in [3.63, 3.8) is 0 Å². The van der Waals surface area contributed by atoms with E-state index in [1.165, 1.54) is 5.56 Å². The van der Waals surface area contributed by atoms with Gasteiger partial charge < -0.3 is 5.32 Å². The number of hydrogen-bond acceptors (Lipinski definition) is 5. The topological polar surface area (TPSA) is 69.3 Å². The van der Waals surface area contributed by atoms with E-state index >= 15 is 0 Å².